The van der Waals surface area contributed by atoms with Crippen LogP contribution in [0.1, 0.15) is 0 Å². The molecule has 6 aromatic rings. The smallest absolute Gasteiger partial charge is 0.201 e. The molecule has 30 heavy (non-hydrogen) atoms. The van der Waals surface area contributed by atoms with Gasteiger partial charge in [0.2, 0.25) is 5.28 Å². The molecule has 0 aliphatic heterocycles. The van der Waals surface area contributed by atoms with Crippen molar-refractivity contribution in [1.82, 2.24) is 29.9 Å². The molecule has 0 unspecified atom stereocenters. The summed E-state index contributed by atoms with van der Waals surface area (Å²) < 4.78 is 0. The standard InChI is InChI=1S/C21H11B2ClN6/c22-11-7-17-18(8-12(11)23)28-20(27-17)9-1-3-13-15(5-9)26-19(25-13)10-2-4-14-16(6-10)30-21(24)29-14/h1-8H,(H,25,26)(H,27,28)(H,29,30). The average molecular weight is 404 g/mol. The van der Waals surface area contributed by atoms with Crippen LogP contribution in [0.15, 0.2) is 48.5 Å². The van der Waals surface area contributed by atoms with E-state index in [0.717, 1.165) is 55.9 Å². The molecule has 4 radical (unpaired) electrons. The van der Waals surface area contributed by atoms with Crippen LogP contribution < -0.4 is 10.9 Å². The van der Waals surface area contributed by atoms with Gasteiger partial charge in [0.25, 0.3) is 0 Å². The molecule has 3 aromatic heterocycles. The fourth-order valence-electron chi connectivity index (χ4n) is 3.65. The highest BCUT2D eigenvalue weighted by Crippen LogP contribution is 2.27. The second-order valence-corrected chi connectivity index (χ2v) is 7.52. The molecular weight excluding hydrogens is 393 g/mol. The highest BCUT2D eigenvalue weighted by Gasteiger charge is 2.11. The number of nitrogens with one attached hydrogen (secondary N) is 3. The largest absolute Gasteiger partial charge is 0.338 e. The second-order valence-electron chi connectivity index (χ2n) is 7.16. The molecule has 3 N–H and O–H groups in total. The number of H-pyrrole nitrogens is 3. The number of rotatable bonds is 2. The summed E-state index contributed by atoms with van der Waals surface area (Å²) in [6.45, 7) is 0. The molecule has 6 nitrogen and oxygen atoms in total. The van der Waals surface area contributed by atoms with Crippen LogP contribution in [0.4, 0.5) is 0 Å². The minimum absolute atomic E-state index is 0.366. The summed E-state index contributed by atoms with van der Waals surface area (Å²) in [7, 11) is 11.8. The Bertz CT molecular complexity index is 1560. The van der Waals surface area contributed by atoms with E-state index in [4.69, 9.17) is 32.3 Å². The quantitative estimate of drug-likeness (QED) is 0.388. The van der Waals surface area contributed by atoms with E-state index in [-0.39, 0.29) is 0 Å². The third kappa shape index (κ3) is 2.72. The Hall–Kier alpha value is -3.51. The van der Waals surface area contributed by atoms with Gasteiger partial charge >= 0.3 is 0 Å². The molecule has 0 saturated carbocycles. The lowest BCUT2D eigenvalue weighted by molar-refractivity contribution is 1.33. The molecule has 0 bridgehead atoms. The molecule has 6 rings (SSSR count). The first-order chi connectivity index (χ1) is 14.5. The van der Waals surface area contributed by atoms with Crippen LogP contribution in [-0.2, 0) is 0 Å². The zero-order valence-electron chi connectivity index (χ0n) is 15.5. The van der Waals surface area contributed by atoms with Crippen molar-refractivity contribution in [3.8, 4) is 22.8 Å². The Kier molecular flexibility index (Phi) is 3.61. The molecule has 138 valence electrons. The number of fused-ring (bicyclic) bond motifs is 3. The SMILES string of the molecule is [B]c1cc2nc(-c3ccc4nc(-c5ccc6nc(Cl)[nH]c6c5)[nH]c4c3)[nH]c2cc1[B]. The van der Waals surface area contributed by atoms with Crippen molar-refractivity contribution in [3.05, 3.63) is 53.8 Å². The van der Waals surface area contributed by atoms with Gasteiger partial charge in [-0.15, -0.1) is 10.9 Å². The van der Waals surface area contributed by atoms with E-state index in [2.05, 4.69) is 24.9 Å². The highest BCUT2D eigenvalue weighted by molar-refractivity contribution is 6.49. The van der Waals surface area contributed by atoms with Crippen molar-refractivity contribution in [2.45, 2.75) is 0 Å². The molecule has 0 aliphatic carbocycles. The minimum Gasteiger partial charge on any atom is -0.338 e. The summed E-state index contributed by atoms with van der Waals surface area (Å²) in [6, 6.07) is 15.4. The van der Waals surface area contributed by atoms with E-state index >= 15 is 0 Å². The third-order valence-corrected chi connectivity index (χ3v) is 5.35. The molecule has 0 amide bonds. The first-order valence-electron chi connectivity index (χ1n) is 9.24. The summed E-state index contributed by atoms with van der Waals surface area (Å²) in [5, 5.41) is 0.366. The van der Waals surface area contributed by atoms with Crippen molar-refractivity contribution in [3.63, 3.8) is 0 Å². The zero-order chi connectivity index (χ0) is 20.4. The average Bonchev–Trinajstić information content (AvgIpc) is 3.42. The lowest BCUT2D eigenvalue weighted by atomic mass is 9.80. The van der Waals surface area contributed by atoms with Gasteiger partial charge in [-0.3, -0.25) is 0 Å². The molecule has 9 heteroatoms. The van der Waals surface area contributed by atoms with Crippen molar-refractivity contribution >= 4 is 71.3 Å². The van der Waals surface area contributed by atoms with E-state index in [1.54, 1.807) is 12.1 Å². The van der Waals surface area contributed by atoms with Gasteiger partial charge in [0, 0.05) is 11.1 Å². The summed E-state index contributed by atoms with van der Waals surface area (Å²) in [6.07, 6.45) is 0. The Labute approximate surface area is 177 Å². The summed E-state index contributed by atoms with van der Waals surface area (Å²) in [5.74, 6) is 1.50. The van der Waals surface area contributed by atoms with Gasteiger partial charge < -0.3 is 15.0 Å². The Balaban J connectivity index is 1.43. The molecule has 0 aliphatic rings. The first kappa shape index (κ1) is 17.4. The maximum Gasteiger partial charge on any atom is 0.201 e. The Morgan fingerprint density at radius 3 is 1.83 bits per heavy atom. The Morgan fingerprint density at radius 2 is 1.13 bits per heavy atom. The first-order valence-corrected chi connectivity index (χ1v) is 9.62. The van der Waals surface area contributed by atoms with Crippen molar-refractivity contribution in [2.75, 3.05) is 0 Å². The number of hydrogen-bond donors (Lipinski definition) is 3. The maximum atomic E-state index is 5.95. The third-order valence-electron chi connectivity index (χ3n) is 5.17. The van der Waals surface area contributed by atoms with Crippen LogP contribution in [0.25, 0.3) is 55.9 Å². The zero-order valence-corrected chi connectivity index (χ0v) is 16.2. The summed E-state index contributed by atoms with van der Waals surface area (Å²) in [4.78, 5) is 23.3. The number of nitrogens with zero attached hydrogens (tertiary/aromatic N) is 3. The molecule has 0 saturated heterocycles. The lowest BCUT2D eigenvalue weighted by Gasteiger charge is -1.98. The predicted octanol–water partition coefficient (Wildman–Crippen LogP) is 2.89. The minimum atomic E-state index is 0.366. The van der Waals surface area contributed by atoms with Crippen LogP contribution >= 0.6 is 11.6 Å². The van der Waals surface area contributed by atoms with Crippen molar-refractivity contribution in [2.24, 2.45) is 0 Å². The molecule has 3 aromatic carbocycles. The topological polar surface area (TPSA) is 86.0 Å². The molecule has 0 atom stereocenters. The van der Waals surface area contributed by atoms with Gasteiger partial charge in [0.1, 0.15) is 27.3 Å². The van der Waals surface area contributed by atoms with E-state index in [1.807, 2.05) is 36.4 Å². The Morgan fingerprint density at radius 1 is 0.600 bits per heavy atom. The van der Waals surface area contributed by atoms with Crippen LogP contribution in [0, 0.1) is 0 Å². The van der Waals surface area contributed by atoms with Crippen LogP contribution in [0.2, 0.25) is 5.28 Å². The van der Waals surface area contributed by atoms with E-state index < -0.39 is 0 Å². The van der Waals surface area contributed by atoms with Gasteiger partial charge in [-0.25, -0.2) is 15.0 Å². The normalized spacial score (nSPS) is 11.8. The number of halogens is 1. The van der Waals surface area contributed by atoms with Gasteiger partial charge in [-0.2, -0.15) is 0 Å². The van der Waals surface area contributed by atoms with Gasteiger partial charge in [-0.05, 0) is 60.1 Å². The second kappa shape index (κ2) is 6.24. The van der Waals surface area contributed by atoms with Gasteiger partial charge in [-0.1, -0.05) is 0 Å². The summed E-state index contributed by atoms with van der Waals surface area (Å²) >= 11 is 5.95. The van der Waals surface area contributed by atoms with Crippen molar-refractivity contribution < 1.29 is 0 Å². The predicted molar refractivity (Wildman–Crippen MR) is 122 cm³/mol. The van der Waals surface area contributed by atoms with Gasteiger partial charge in [0.15, 0.2) is 0 Å². The number of aromatic amines is 3. The van der Waals surface area contributed by atoms with Crippen LogP contribution in [-0.4, -0.2) is 45.6 Å². The van der Waals surface area contributed by atoms with E-state index in [1.165, 1.54) is 0 Å². The number of aromatic nitrogens is 6. The van der Waals surface area contributed by atoms with Gasteiger partial charge in [0.05, 0.1) is 33.1 Å². The van der Waals surface area contributed by atoms with Crippen LogP contribution in [0.5, 0.6) is 0 Å². The van der Waals surface area contributed by atoms with Crippen LogP contribution in [0.3, 0.4) is 0 Å². The number of hydrogen-bond acceptors (Lipinski definition) is 3. The van der Waals surface area contributed by atoms with E-state index in [0.29, 0.717) is 16.2 Å². The van der Waals surface area contributed by atoms with E-state index in [9.17, 15) is 0 Å². The molecular formula is C21H11B2ClN6. The number of imidazole rings is 3. The monoisotopic (exact) mass is 404 g/mol. The highest BCUT2D eigenvalue weighted by atomic mass is 35.5. The molecule has 0 fully saturated rings. The lowest BCUT2D eigenvalue weighted by Crippen LogP contribution is -2.24. The molecule has 0 spiro atoms. The fourth-order valence-corrected chi connectivity index (χ4v) is 3.84. The fraction of sp³-hybridized carbons (Fsp3) is 0. The summed E-state index contributed by atoms with van der Waals surface area (Å²) in [5.41, 5.74) is 7.98. The maximum absolute atomic E-state index is 5.95. The van der Waals surface area contributed by atoms with Crippen molar-refractivity contribution in [1.29, 1.82) is 0 Å². The number of benzene rings is 3. The molecule has 3 heterocycles.